The Morgan fingerprint density at radius 3 is 2.91 bits per heavy atom. The number of hydrogen-bond acceptors (Lipinski definition) is 3. The predicted octanol–water partition coefficient (Wildman–Crippen LogP) is 1.94. The van der Waals surface area contributed by atoms with Crippen LogP contribution in [0.1, 0.15) is 23.6 Å². The van der Waals surface area contributed by atoms with E-state index in [4.69, 9.17) is 5.26 Å². The number of pyridine rings is 1. The number of nitrogens with zero attached hydrogens (tertiary/aromatic N) is 2. The summed E-state index contributed by atoms with van der Waals surface area (Å²) in [6.45, 7) is 1.92. The first-order valence-corrected chi connectivity index (χ1v) is 3.81. The molecule has 1 aromatic heterocycles. The number of rotatable bonds is 1. The molecule has 3 heteroatoms. The third-order valence-electron chi connectivity index (χ3n) is 1.31. The van der Waals surface area contributed by atoms with Gasteiger partial charge >= 0.3 is 0 Å². The maximum Gasteiger partial charge on any atom is 0.140 e. The van der Waals surface area contributed by atoms with Crippen molar-refractivity contribution in [1.82, 2.24) is 4.98 Å². The van der Waals surface area contributed by atoms with E-state index in [9.17, 15) is 0 Å². The molecule has 0 aliphatic heterocycles. The molecule has 56 valence electrons. The Morgan fingerprint density at radius 2 is 2.36 bits per heavy atom. The van der Waals surface area contributed by atoms with Gasteiger partial charge in [0.25, 0.3) is 0 Å². The fourth-order valence-electron chi connectivity index (χ4n) is 0.746. The van der Waals surface area contributed by atoms with Gasteiger partial charge in [-0.1, -0.05) is 6.07 Å². The van der Waals surface area contributed by atoms with Gasteiger partial charge in [0.05, 0.1) is 5.69 Å². The highest BCUT2D eigenvalue weighted by Gasteiger charge is 2.00. The van der Waals surface area contributed by atoms with Gasteiger partial charge in [0.1, 0.15) is 11.8 Å². The summed E-state index contributed by atoms with van der Waals surface area (Å²) in [5.74, 6) is 0. The molecule has 0 aromatic carbocycles. The van der Waals surface area contributed by atoms with Crippen molar-refractivity contribution >= 4 is 12.6 Å². The molecule has 0 amide bonds. The standard InChI is InChI=1S/C8H8N2S/c1-6(11)8-4-2-3-7(5-9)10-8/h2-4,6,11H,1H3. The summed E-state index contributed by atoms with van der Waals surface area (Å²) >= 11 is 4.20. The van der Waals surface area contributed by atoms with Gasteiger partial charge in [-0.3, -0.25) is 0 Å². The summed E-state index contributed by atoms with van der Waals surface area (Å²) in [5.41, 5.74) is 1.29. The second kappa shape index (κ2) is 3.40. The summed E-state index contributed by atoms with van der Waals surface area (Å²) in [7, 11) is 0. The van der Waals surface area contributed by atoms with E-state index in [1.165, 1.54) is 0 Å². The molecule has 11 heavy (non-hydrogen) atoms. The fourth-order valence-corrected chi connectivity index (χ4v) is 0.890. The predicted molar refractivity (Wildman–Crippen MR) is 46.4 cm³/mol. The molecule has 0 N–H and O–H groups in total. The van der Waals surface area contributed by atoms with Crippen LogP contribution in [0.25, 0.3) is 0 Å². The van der Waals surface area contributed by atoms with E-state index in [1.807, 2.05) is 25.1 Å². The average Bonchev–Trinajstić information content (AvgIpc) is 2.05. The second-order valence-corrected chi connectivity index (χ2v) is 3.01. The van der Waals surface area contributed by atoms with Crippen LogP contribution in [0.3, 0.4) is 0 Å². The van der Waals surface area contributed by atoms with Crippen molar-refractivity contribution in [2.45, 2.75) is 12.2 Å². The Balaban J connectivity index is 3.03. The summed E-state index contributed by atoms with van der Waals surface area (Å²) in [6.07, 6.45) is 0. The van der Waals surface area contributed by atoms with Gasteiger partial charge in [-0.05, 0) is 19.1 Å². The van der Waals surface area contributed by atoms with E-state index in [2.05, 4.69) is 17.6 Å². The minimum absolute atomic E-state index is 0.0864. The van der Waals surface area contributed by atoms with Crippen molar-refractivity contribution < 1.29 is 0 Å². The summed E-state index contributed by atoms with van der Waals surface area (Å²) in [6, 6.07) is 7.33. The second-order valence-electron chi connectivity index (χ2n) is 2.24. The third-order valence-corrected chi connectivity index (χ3v) is 1.58. The molecule has 0 aliphatic rings. The van der Waals surface area contributed by atoms with Crippen LogP contribution in [0.15, 0.2) is 18.2 Å². The van der Waals surface area contributed by atoms with Crippen LogP contribution < -0.4 is 0 Å². The number of hydrogen-bond donors (Lipinski definition) is 1. The Bertz CT molecular complexity index is 288. The zero-order chi connectivity index (χ0) is 8.27. The highest BCUT2D eigenvalue weighted by Crippen LogP contribution is 2.15. The zero-order valence-electron chi connectivity index (χ0n) is 6.15. The first-order chi connectivity index (χ1) is 5.24. The van der Waals surface area contributed by atoms with Gasteiger partial charge in [-0.2, -0.15) is 17.9 Å². The number of aromatic nitrogens is 1. The van der Waals surface area contributed by atoms with Gasteiger partial charge < -0.3 is 0 Å². The lowest BCUT2D eigenvalue weighted by atomic mass is 10.2. The van der Waals surface area contributed by atoms with Gasteiger partial charge in [0.15, 0.2) is 0 Å². The normalized spacial score (nSPS) is 12.1. The molecule has 1 rings (SSSR count). The van der Waals surface area contributed by atoms with Gasteiger partial charge in [0, 0.05) is 5.25 Å². The van der Waals surface area contributed by atoms with Crippen molar-refractivity contribution in [2.75, 3.05) is 0 Å². The Kier molecular flexibility index (Phi) is 2.50. The molecule has 0 fully saturated rings. The van der Waals surface area contributed by atoms with Crippen molar-refractivity contribution in [2.24, 2.45) is 0 Å². The molecule has 0 aliphatic carbocycles. The molecule has 1 aromatic rings. The highest BCUT2D eigenvalue weighted by atomic mass is 32.1. The molecule has 1 unspecified atom stereocenters. The summed E-state index contributed by atoms with van der Waals surface area (Å²) in [4.78, 5) is 4.05. The van der Waals surface area contributed by atoms with E-state index in [-0.39, 0.29) is 5.25 Å². The molecule has 0 saturated heterocycles. The van der Waals surface area contributed by atoms with Crippen molar-refractivity contribution in [3.8, 4) is 6.07 Å². The molecule has 1 atom stereocenters. The Morgan fingerprint density at radius 1 is 1.64 bits per heavy atom. The SMILES string of the molecule is CC(S)c1cccc(C#N)n1. The van der Waals surface area contributed by atoms with Crippen molar-refractivity contribution in [3.05, 3.63) is 29.6 Å². The van der Waals surface area contributed by atoms with Crippen LogP contribution >= 0.6 is 12.6 Å². The van der Waals surface area contributed by atoms with Crippen LogP contribution in [-0.2, 0) is 0 Å². The molecular formula is C8H8N2S. The number of thiol groups is 1. The van der Waals surface area contributed by atoms with E-state index in [0.717, 1.165) is 5.69 Å². The first-order valence-electron chi connectivity index (χ1n) is 3.29. The van der Waals surface area contributed by atoms with Gasteiger partial charge in [0.2, 0.25) is 0 Å². The van der Waals surface area contributed by atoms with Crippen LogP contribution in [0.4, 0.5) is 0 Å². The molecule has 0 bridgehead atoms. The minimum Gasteiger partial charge on any atom is -0.241 e. The van der Waals surface area contributed by atoms with E-state index in [1.54, 1.807) is 6.07 Å². The van der Waals surface area contributed by atoms with Gasteiger partial charge in [-0.25, -0.2) is 4.98 Å². The molecule has 2 nitrogen and oxygen atoms in total. The van der Waals surface area contributed by atoms with Crippen LogP contribution in [0.2, 0.25) is 0 Å². The molecule has 1 heterocycles. The smallest absolute Gasteiger partial charge is 0.140 e. The molecule has 0 radical (unpaired) electrons. The highest BCUT2D eigenvalue weighted by molar-refractivity contribution is 7.80. The van der Waals surface area contributed by atoms with E-state index < -0.39 is 0 Å². The van der Waals surface area contributed by atoms with Crippen molar-refractivity contribution in [1.29, 1.82) is 5.26 Å². The topological polar surface area (TPSA) is 36.7 Å². The Labute approximate surface area is 71.3 Å². The van der Waals surface area contributed by atoms with Crippen LogP contribution in [0.5, 0.6) is 0 Å². The van der Waals surface area contributed by atoms with Crippen molar-refractivity contribution in [3.63, 3.8) is 0 Å². The summed E-state index contributed by atoms with van der Waals surface area (Å²) in [5, 5.41) is 8.59. The lowest BCUT2D eigenvalue weighted by Gasteiger charge is -2.01. The third kappa shape index (κ3) is 1.95. The Hall–Kier alpha value is -1.01. The first kappa shape index (κ1) is 8.09. The van der Waals surface area contributed by atoms with Gasteiger partial charge in [-0.15, -0.1) is 0 Å². The zero-order valence-corrected chi connectivity index (χ0v) is 7.05. The largest absolute Gasteiger partial charge is 0.241 e. The molecular weight excluding hydrogens is 156 g/mol. The lowest BCUT2D eigenvalue weighted by Crippen LogP contribution is -1.91. The number of nitriles is 1. The lowest BCUT2D eigenvalue weighted by molar-refractivity contribution is 1.01. The summed E-state index contributed by atoms with van der Waals surface area (Å²) < 4.78 is 0. The molecule has 0 spiro atoms. The maximum absolute atomic E-state index is 8.51. The van der Waals surface area contributed by atoms with E-state index in [0.29, 0.717) is 5.69 Å². The van der Waals surface area contributed by atoms with Crippen LogP contribution in [-0.4, -0.2) is 4.98 Å². The maximum atomic E-state index is 8.51. The van der Waals surface area contributed by atoms with E-state index >= 15 is 0 Å². The van der Waals surface area contributed by atoms with Crippen LogP contribution in [0, 0.1) is 11.3 Å². The minimum atomic E-state index is 0.0864. The fraction of sp³-hybridized carbons (Fsp3) is 0.250. The average molecular weight is 164 g/mol. The molecule has 0 saturated carbocycles. The quantitative estimate of drug-likeness (QED) is 0.644. The monoisotopic (exact) mass is 164 g/mol.